The van der Waals surface area contributed by atoms with Crippen LogP contribution >= 0.6 is 22.9 Å². The van der Waals surface area contributed by atoms with Crippen LogP contribution < -0.4 is 9.54 Å². The van der Waals surface area contributed by atoms with Crippen molar-refractivity contribution >= 4 is 45.0 Å². The van der Waals surface area contributed by atoms with Crippen molar-refractivity contribution in [2.75, 3.05) is 13.2 Å². The largest absolute Gasteiger partial charge is 0.484 e. The molecule has 0 aliphatic heterocycles. The Morgan fingerprint density at radius 3 is 2.68 bits per heavy atom. The first kappa shape index (κ1) is 20.0. The maximum absolute atomic E-state index is 14.3. The van der Waals surface area contributed by atoms with E-state index in [0.29, 0.717) is 15.5 Å². The summed E-state index contributed by atoms with van der Waals surface area (Å²) in [6.07, 6.45) is 0. The summed E-state index contributed by atoms with van der Waals surface area (Å²) in [5.74, 6) is -1.16. The molecule has 0 N–H and O–H groups in total. The van der Waals surface area contributed by atoms with Gasteiger partial charge in [-0.1, -0.05) is 29.0 Å². The standard InChI is InChI=1S/C19H16ClFN2O4S/c1-2-26-17(25)10-23-18-14(21)4-3-5-15(18)28-19(23)22-16(24)11-27-13-8-6-12(20)7-9-13/h3-9H,2,10-11H2,1H3. The summed E-state index contributed by atoms with van der Waals surface area (Å²) in [7, 11) is 0. The first-order valence-electron chi connectivity index (χ1n) is 8.37. The number of hydrogen-bond acceptors (Lipinski definition) is 5. The topological polar surface area (TPSA) is 69.9 Å². The van der Waals surface area contributed by atoms with E-state index in [1.165, 1.54) is 10.6 Å². The van der Waals surface area contributed by atoms with Crippen LogP contribution in [0.25, 0.3) is 10.2 Å². The number of para-hydroxylation sites is 1. The lowest BCUT2D eigenvalue weighted by molar-refractivity contribution is -0.143. The molecule has 1 heterocycles. The van der Waals surface area contributed by atoms with Crippen LogP contribution in [0, 0.1) is 5.82 Å². The Morgan fingerprint density at radius 1 is 1.21 bits per heavy atom. The second-order valence-corrected chi connectivity index (χ2v) is 7.06. The van der Waals surface area contributed by atoms with Crippen LogP contribution in [0.1, 0.15) is 6.92 Å². The van der Waals surface area contributed by atoms with Gasteiger partial charge in [0.25, 0.3) is 5.91 Å². The SMILES string of the molecule is CCOC(=O)Cn1c(=NC(=O)COc2ccc(Cl)cc2)sc2cccc(F)c21. The van der Waals surface area contributed by atoms with Crippen LogP contribution in [0.15, 0.2) is 47.5 Å². The van der Waals surface area contributed by atoms with Crippen molar-refractivity contribution in [1.29, 1.82) is 0 Å². The fourth-order valence-corrected chi connectivity index (χ4v) is 3.66. The third-order valence-corrected chi connectivity index (χ3v) is 4.94. The number of nitrogens with zero attached hydrogens (tertiary/aromatic N) is 2. The number of ether oxygens (including phenoxy) is 2. The van der Waals surface area contributed by atoms with Crippen LogP contribution in [0.5, 0.6) is 5.75 Å². The van der Waals surface area contributed by atoms with Crippen molar-refractivity contribution in [3.63, 3.8) is 0 Å². The van der Waals surface area contributed by atoms with Gasteiger partial charge >= 0.3 is 5.97 Å². The quantitative estimate of drug-likeness (QED) is 0.569. The molecule has 2 aromatic carbocycles. The second-order valence-electron chi connectivity index (χ2n) is 5.61. The highest BCUT2D eigenvalue weighted by Crippen LogP contribution is 2.20. The number of benzene rings is 2. The maximum atomic E-state index is 14.3. The van der Waals surface area contributed by atoms with E-state index in [1.807, 2.05) is 0 Å². The number of aromatic nitrogens is 1. The fraction of sp³-hybridized carbons (Fsp3) is 0.211. The zero-order chi connectivity index (χ0) is 20.1. The number of thiazole rings is 1. The number of carbonyl (C=O) groups is 2. The smallest absolute Gasteiger partial charge is 0.326 e. The summed E-state index contributed by atoms with van der Waals surface area (Å²) >= 11 is 6.91. The summed E-state index contributed by atoms with van der Waals surface area (Å²) in [4.78, 5) is 28.4. The molecular formula is C19H16ClFN2O4S. The van der Waals surface area contributed by atoms with Crippen LogP contribution in [-0.2, 0) is 20.9 Å². The summed E-state index contributed by atoms with van der Waals surface area (Å²) in [6, 6.07) is 11.1. The Labute approximate surface area is 168 Å². The van der Waals surface area contributed by atoms with Gasteiger partial charge in [0.2, 0.25) is 0 Å². The molecule has 3 aromatic rings. The summed E-state index contributed by atoms with van der Waals surface area (Å²) < 4.78 is 26.5. The molecule has 146 valence electrons. The number of amides is 1. The van der Waals surface area contributed by atoms with E-state index in [0.717, 1.165) is 11.3 Å². The summed E-state index contributed by atoms with van der Waals surface area (Å²) in [6.45, 7) is 1.32. The van der Waals surface area contributed by atoms with Gasteiger partial charge in [0.15, 0.2) is 11.4 Å². The number of hydrogen-bond donors (Lipinski definition) is 0. The van der Waals surface area contributed by atoms with Gasteiger partial charge in [-0.05, 0) is 43.3 Å². The van der Waals surface area contributed by atoms with E-state index in [4.69, 9.17) is 21.1 Å². The normalized spacial score (nSPS) is 11.6. The van der Waals surface area contributed by atoms with E-state index in [2.05, 4.69) is 4.99 Å². The van der Waals surface area contributed by atoms with E-state index in [1.54, 1.807) is 43.3 Å². The van der Waals surface area contributed by atoms with E-state index in [-0.39, 0.29) is 30.1 Å². The van der Waals surface area contributed by atoms with Crippen LogP contribution in [-0.4, -0.2) is 29.7 Å². The van der Waals surface area contributed by atoms with Gasteiger partial charge < -0.3 is 14.0 Å². The molecule has 0 aliphatic carbocycles. The van der Waals surface area contributed by atoms with Crippen molar-refractivity contribution in [2.24, 2.45) is 4.99 Å². The molecule has 0 saturated carbocycles. The summed E-state index contributed by atoms with van der Waals surface area (Å²) in [5, 5.41) is 0.552. The number of halogens is 2. The molecule has 0 spiro atoms. The van der Waals surface area contributed by atoms with Crippen molar-refractivity contribution in [3.05, 3.63) is 58.1 Å². The summed E-state index contributed by atoms with van der Waals surface area (Å²) in [5.41, 5.74) is 0.200. The molecule has 28 heavy (non-hydrogen) atoms. The van der Waals surface area contributed by atoms with Gasteiger partial charge in [0, 0.05) is 5.02 Å². The highest BCUT2D eigenvalue weighted by molar-refractivity contribution is 7.16. The van der Waals surface area contributed by atoms with Gasteiger partial charge in [0.1, 0.15) is 18.1 Å². The van der Waals surface area contributed by atoms with Crippen molar-refractivity contribution in [2.45, 2.75) is 13.5 Å². The van der Waals surface area contributed by atoms with Crippen molar-refractivity contribution in [3.8, 4) is 5.75 Å². The van der Waals surface area contributed by atoms with Gasteiger partial charge in [-0.15, -0.1) is 0 Å². The predicted molar refractivity (Wildman–Crippen MR) is 104 cm³/mol. The van der Waals surface area contributed by atoms with Crippen LogP contribution in [0.4, 0.5) is 4.39 Å². The minimum Gasteiger partial charge on any atom is -0.484 e. The number of fused-ring (bicyclic) bond motifs is 1. The average Bonchev–Trinajstić information content (AvgIpc) is 2.99. The number of carbonyl (C=O) groups excluding carboxylic acids is 2. The Kier molecular flexibility index (Phi) is 6.43. The van der Waals surface area contributed by atoms with E-state index >= 15 is 0 Å². The van der Waals surface area contributed by atoms with Crippen molar-refractivity contribution in [1.82, 2.24) is 4.57 Å². The molecule has 1 aromatic heterocycles. The second kappa shape index (κ2) is 8.99. The van der Waals surface area contributed by atoms with Crippen LogP contribution in [0.3, 0.4) is 0 Å². The van der Waals surface area contributed by atoms with Gasteiger partial charge in [0.05, 0.1) is 16.8 Å². The molecule has 0 fully saturated rings. The van der Waals surface area contributed by atoms with Crippen LogP contribution in [0.2, 0.25) is 5.02 Å². The fourth-order valence-electron chi connectivity index (χ4n) is 2.47. The predicted octanol–water partition coefficient (Wildman–Crippen LogP) is 3.56. The monoisotopic (exact) mass is 422 g/mol. The Hall–Kier alpha value is -2.71. The van der Waals surface area contributed by atoms with E-state index in [9.17, 15) is 14.0 Å². The number of esters is 1. The molecule has 0 atom stereocenters. The van der Waals surface area contributed by atoms with Gasteiger partial charge in [-0.2, -0.15) is 4.99 Å². The molecule has 0 saturated heterocycles. The Balaban J connectivity index is 1.89. The number of rotatable bonds is 6. The van der Waals surface area contributed by atoms with Gasteiger partial charge in [-0.3, -0.25) is 9.59 Å². The Morgan fingerprint density at radius 2 is 1.96 bits per heavy atom. The minimum atomic E-state index is -0.570. The minimum absolute atomic E-state index is 0.192. The lowest BCUT2D eigenvalue weighted by Gasteiger charge is -2.06. The third-order valence-electron chi connectivity index (χ3n) is 3.64. The molecule has 3 rings (SSSR count). The lowest BCUT2D eigenvalue weighted by Crippen LogP contribution is -2.24. The zero-order valence-electron chi connectivity index (χ0n) is 14.9. The maximum Gasteiger partial charge on any atom is 0.326 e. The highest BCUT2D eigenvalue weighted by atomic mass is 35.5. The lowest BCUT2D eigenvalue weighted by atomic mass is 10.3. The molecule has 6 nitrogen and oxygen atoms in total. The van der Waals surface area contributed by atoms with Crippen molar-refractivity contribution < 1.29 is 23.5 Å². The van der Waals surface area contributed by atoms with Gasteiger partial charge in [-0.25, -0.2) is 4.39 Å². The zero-order valence-corrected chi connectivity index (χ0v) is 16.4. The van der Waals surface area contributed by atoms with E-state index < -0.39 is 17.7 Å². The molecular weight excluding hydrogens is 407 g/mol. The Bertz CT molecular complexity index is 1080. The molecule has 0 bridgehead atoms. The highest BCUT2D eigenvalue weighted by Gasteiger charge is 2.15. The first-order chi connectivity index (χ1) is 13.5. The molecule has 0 unspecified atom stereocenters. The molecule has 0 radical (unpaired) electrons. The third kappa shape index (κ3) is 4.76. The molecule has 1 amide bonds. The molecule has 0 aliphatic rings. The molecule has 9 heteroatoms. The average molecular weight is 423 g/mol. The first-order valence-corrected chi connectivity index (χ1v) is 9.56.